The molecule has 0 aliphatic carbocycles. The first-order valence-electron chi connectivity index (χ1n) is 7.97. The van der Waals surface area contributed by atoms with E-state index >= 15 is 0 Å². The van der Waals surface area contributed by atoms with Gasteiger partial charge in [0.25, 0.3) is 0 Å². The van der Waals surface area contributed by atoms with Crippen molar-refractivity contribution >= 4 is 11.6 Å². The van der Waals surface area contributed by atoms with Crippen molar-refractivity contribution < 1.29 is 4.74 Å². The van der Waals surface area contributed by atoms with Crippen LogP contribution in [0.25, 0.3) is 0 Å². The molecule has 1 saturated heterocycles. The fourth-order valence-electron chi connectivity index (χ4n) is 2.90. The number of halogens is 1. The first-order valence-corrected chi connectivity index (χ1v) is 8.35. The van der Waals surface area contributed by atoms with Gasteiger partial charge in [0, 0.05) is 11.4 Å². The summed E-state index contributed by atoms with van der Waals surface area (Å²) in [5.74, 6) is 1.62. The highest BCUT2D eigenvalue weighted by molar-refractivity contribution is 6.30. The van der Waals surface area contributed by atoms with Crippen molar-refractivity contribution in [2.45, 2.75) is 19.3 Å². The maximum atomic E-state index is 6.17. The van der Waals surface area contributed by atoms with E-state index in [2.05, 4.69) is 29.6 Å². The van der Waals surface area contributed by atoms with Crippen molar-refractivity contribution in [1.29, 1.82) is 0 Å². The lowest BCUT2D eigenvalue weighted by atomic mass is 9.99. The minimum atomic E-state index is 0.654. The molecule has 0 saturated carbocycles. The van der Waals surface area contributed by atoms with Crippen molar-refractivity contribution in [1.82, 2.24) is 5.32 Å². The molecule has 3 rings (SSSR count). The number of piperidine rings is 1. The minimum Gasteiger partial charge on any atom is -0.493 e. The molecular formula is C19H22ClNO. The van der Waals surface area contributed by atoms with E-state index in [4.69, 9.17) is 16.3 Å². The van der Waals surface area contributed by atoms with Crippen molar-refractivity contribution in [3.05, 3.63) is 64.7 Å². The van der Waals surface area contributed by atoms with E-state index in [0.29, 0.717) is 5.92 Å². The van der Waals surface area contributed by atoms with Gasteiger partial charge in [-0.05, 0) is 61.2 Å². The lowest BCUT2D eigenvalue weighted by Crippen LogP contribution is -2.30. The first-order chi connectivity index (χ1) is 10.8. The first kappa shape index (κ1) is 15.4. The second-order valence-corrected chi connectivity index (χ2v) is 6.36. The molecule has 1 fully saturated rings. The zero-order valence-electron chi connectivity index (χ0n) is 12.7. The molecule has 0 unspecified atom stereocenters. The summed E-state index contributed by atoms with van der Waals surface area (Å²) in [5, 5.41) is 4.16. The van der Waals surface area contributed by atoms with Gasteiger partial charge in [-0.2, -0.15) is 0 Å². The van der Waals surface area contributed by atoms with E-state index in [-0.39, 0.29) is 0 Å². The van der Waals surface area contributed by atoms with Crippen molar-refractivity contribution in [2.75, 3.05) is 19.7 Å². The van der Waals surface area contributed by atoms with Crippen LogP contribution in [0.15, 0.2) is 48.5 Å². The predicted octanol–water partition coefficient (Wildman–Crippen LogP) is 4.31. The van der Waals surface area contributed by atoms with Gasteiger partial charge in [0.15, 0.2) is 0 Å². The molecule has 1 heterocycles. The molecule has 2 aromatic carbocycles. The molecule has 2 nitrogen and oxygen atoms in total. The van der Waals surface area contributed by atoms with Crippen molar-refractivity contribution in [3.63, 3.8) is 0 Å². The topological polar surface area (TPSA) is 21.3 Å². The Balaban J connectivity index is 1.70. The highest BCUT2D eigenvalue weighted by Crippen LogP contribution is 2.26. The van der Waals surface area contributed by atoms with E-state index in [9.17, 15) is 0 Å². The van der Waals surface area contributed by atoms with Crippen LogP contribution >= 0.6 is 11.6 Å². The molecule has 2 aromatic rings. The van der Waals surface area contributed by atoms with Crippen LogP contribution in [-0.4, -0.2) is 19.7 Å². The standard InChI is InChI=1S/C19H22ClNO/c20-18-6-7-19(22-14-16-8-10-21-11-9-16)17(13-18)12-15-4-2-1-3-5-15/h1-7,13,16,21H,8-12,14H2. The van der Waals surface area contributed by atoms with Gasteiger partial charge >= 0.3 is 0 Å². The third kappa shape index (κ3) is 4.25. The largest absolute Gasteiger partial charge is 0.493 e. The maximum absolute atomic E-state index is 6.17. The van der Waals surface area contributed by atoms with Crippen LogP contribution in [-0.2, 0) is 6.42 Å². The van der Waals surface area contributed by atoms with Crippen LogP contribution in [0, 0.1) is 5.92 Å². The van der Waals surface area contributed by atoms with Crippen LogP contribution in [0.1, 0.15) is 24.0 Å². The number of hydrogen-bond donors (Lipinski definition) is 1. The fraction of sp³-hybridized carbons (Fsp3) is 0.368. The van der Waals surface area contributed by atoms with Crippen LogP contribution < -0.4 is 10.1 Å². The second-order valence-electron chi connectivity index (χ2n) is 5.92. The van der Waals surface area contributed by atoms with Crippen molar-refractivity contribution in [2.24, 2.45) is 5.92 Å². The smallest absolute Gasteiger partial charge is 0.122 e. The quantitative estimate of drug-likeness (QED) is 0.887. The van der Waals surface area contributed by atoms with Gasteiger partial charge in [-0.1, -0.05) is 41.9 Å². The molecule has 22 heavy (non-hydrogen) atoms. The molecule has 1 aliphatic rings. The highest BCUT2D eigenvalue weighted by atomic mass is 35.5. The Morgan fingerprint density at radius 3 is 2.59 bits per heavy atom. The Kier molecular flexibility index (Phi) is 5.36. The van der Waals surface area contributed by atoms with Gasteiger partial charge in [0.2, 0.25) is 0 Å². The second kappa shape index (κ2) is 7.66. The van der Waals surface area contributed by atoms with E-state index in [1.165, 1.54) is 18.4 Å². The molecule has 3 heteroatoms. The Labute approximate surface area is 137 Å². The minimum absolute atomic E-state index is 0.654. The van der Waals surface area contributed by atoms with Gasteiger partial charge in [-0.15, -0.1) is 0 Å². The van der Waals surface area contributed by atoms with Gasteiger partial charge in [-0.25, -0.2) is 0 Å². The van der Waals surface area contributed by atoms with E-state index < -0.39 is 0 Å². The normalized spacial score (nSPS) is 15.7. The average Bonchev–Trinajstić information content (AvgIpc) is 2.56. The SMILES string of the molecule is Clc1ccc(OCC2CCNCC2)c(Cc2ccccc2)c1. The van der Waals surface area contributed by atoms with Crippen LogP contribution in [0.5, 0.6) is 5.75 Å². The Bertz CT molecular complexity index is 594. The van der Waals surface area contributed by atoms with Gasteiger partial charge in [0.1, 0.15) is 5.75 Å². The molecule has 0 aromatic heterocycles. The molecule has 0 spiro atoms. The molecular weight excluding hydrogens is 294 g/mol. The summed E-state index contributed by atoms with van der Waals surface area (Å²) in [7, 11) is 0. The third-order valence-corrected chi connectivity index (χ3v) is 4.43. The summed E-state index contributed by atoms with van der Waals surface area (Å²) in [6.07, 6.45) is 3.24. The number of rotatable bonds is 5. The van der Waals surface area contributed by atoms with E-state index in [0.717, 1.165) is 42.5 Å². The maximum Gasteiger partial charge on any atom is 0.122 e. The predicted molar refractivity (Wildman–Crippen MR) is 91.8 cm³/mol. The van der Waals surface area contributed by atoms with Gasteiger partial charge in [0.05, 0.1) is 6.61 Å². The summed E-state index contributed by atoms with van der Waals surface area (Å²) in [6.45, 7) is 3.00. The highest BCUT2D eigenvalue weighted by Gasteiger charge is 2.14. The lowest BCUT2D eigenvalue weighted by molar-refractivity contribution is 0.214. The van der Waals surface area contributed by atoms with Gasteiger partial charge < -0.3 is 10.1 Å². The summed E-state index contributed by atoms with van der Waals surface area (Å²) in [5.41, 5.74) is 2.43. The number of nitrogens with one attached hydrogen (secondary N) is 1. The molecule has 1 N–H and O–H groups in total. The van der Waals surface area contributed by atoms with Crippen molar-refractivity contribution in [3.8, 4) is 5.75 Å². The van der Waals surface area contributed by atoms with Gasteiger partial charge in [-0.3, -0.25) is 0 Å². The zero-order valence-corrected chi connectivity index (χ0v) is 13.5. The summed E-state index contributed by atoms with van der Waals surface area (Å²) < 4.78 is 6.12. The molecule has 0 amide bonds. The van der Waals surface area contributed by atoms with E-state index in [1.807, 2.05) is 24.3 Å². The lowest BCUT2D eigenvalue weighted by Gasteiger charge is -2.23. The molecule has 0 atom stereocenters. The fourth-order valence-corrected chi connectivity index (χ4v) is 3.09. The summed E-state index contributed by atoms with van der Waals surface area (Å²) >= 11 is 6.17. The summed E-state index contributed by atoms with van der Waals surface area (Å²) in [4.78, 5) is 0. The number of hydrogen-bond acceptors (Lipinski definition) is 2. The third-order valence-electron chi connectivity index (χ3n) is 4.19. The molecule has 1 aliphatic heterocycles. The number of benzene rings is 2. The molecule has 0 radical (unpaired) electrons. The van der Waals surface area contributed by atoms with Crippen LogP contribution in [0.2, 0.25) is 5.02 Å². The van der Waals surface area contributed by atoms with E-state index in [1.54, 1.807) is 0 Å². The molecule has 116 valence electrons. The van der Waals surface area contributed by atoms with Crippen LogP contribution in [0.4, 0.5) is 0 Å². The molecule has 0 bridgehead atoms. The Morgan fingerprint density at radius 1 is 1.05 bits per heavy atom. The van der Waals surface area contributed by atoms with Crippen LogP contribution in [0.3, 0.4) is 0 Å². The zero-order chi connectivity index (χ0) is 15.2. The monoisotopic (exact) mass is 315 g/mol. The average molecular weight is 316 g/mol. The Morgan fingerprint density at radius 2 is 1.82 bits per heavy atom. The number of ether oxygens (including phenoxy) is 1. The Hall–Kier alpha value is -1.51. The summed E-state index contributed by atoms with van der Waals surface area (Å²) in [6, 6.07) is 16.4.